The van der Waals surface area contributed by atoms with Crippen LogP contribution in [0.3, 0.4) is 0 Å². The van der Waals surface area contributed by atoms with Gasteiger partial charge in [0.15, 0.2) is 0 Å². The Hall–Kier alpha value is -1.62. The molecule has 1 amide bonds. The Labute approximate surface area is 122 Å². The third-order valence-electron chi connectivity index (χ3n) is 4.27. The van der Waals surface area contributed by atoms with E-state index in [1.54, 1.807) is 23.7 Å². The minimum Gasteiger partial charge on any atom is -0.355 e. The highest BCUT2D eigenvalue weighted by atomic mass is 32.1. The summed E-state index contributed by atoms with van der Waals surface area (Å²) in [7, 11) is 0. The average Bonchev–Trinajstić information content (AvgIpc) is 2.93. The van der Waals surface area contributed by atoms with E-state index in [9.17, 15) is 4.79 Å². The largest absolute Gasteiger partial charge is 0.355 e. The van der Waals surface area contributed by atoms with Crippen LogP contribution in [0.2, 0.25) is 0 Å². The summed E-state index contributed by atoms with van der Waals surface area (Å²) in [5, 5.41) is 5.12. The van der Waals surface area contributed by atoms with E-state index in [1.165, 1.54) is 4.88 Å². The third kappa shape index (κ3) is 2.06. The van der Waals surface area contributed by atoms with Crippen LogP contribution in [0.1, 0.15) is 31.0 Å². The van der Waals surface area contributed by atoms with E-state index in [-0.39, 0.29) is 16.7 Å². The number of thiophene rings is 1. The van der Waals surface area contributed by atoms with Crippen LogP contribution < -0.4 is 5.32 Å². The van der Waals surface area contributed by atoms with Gasteiger partial charge >= 0.3 is 0 Å². The van der Waals surface area contributed by atoms with Crippen LogP contribution in [-0.2, 0) is 16.6 Å². The number of carbonyl (C=O) groups is 1. The van der Waals surface area contributed by atoms with Gasteiger partial charge in [0.1, 0.15) is 5.82 Å². The van der Waals surface area contributed by atoms with Gasteiger partial charge in [-0.25, -0.2) is 4.98 Å². The maximum absolute atomic E-state index is 12.6. The van der Waals surface area contributed by atoms with E-state index < -0.39 is 0 Å². The Morgan fingerprint density at radius 2 is 2.35 bits per heavy atom. The molecule has 1 saturated carbocycles. The van der Waals surface area contributed by atoms with Crippen molar-refractivity contribution in [3.05, 3.63) is 40.6 Å². The van der Waals surface area contributed by atoms with E-state index in [2.05, 4.69) is 35.2 Å². The first kappa shape index (κ1) is 13.4. The molecule has 5 heteroatoms. The molecule has 2 heterocycles. The molecule has 3 rings (SSSR count). The van der Waals surface area contributed by atoms with Crippen molar-refractivity contribution >= 4 is 17.2 Å². The standard InChI is InChI=1S/C15H19N3OS/c1-14(2)10-15(14,11-4-3-9-20-11)13(19)18-6-5-12-16-7-8-17-12/h3-4,7-9H,5-6,10H2,1-2H3,(H,16,17)(H,18,19)/t15-/m0/s1. The van der Waals surface area contributed by atoms with Crippen LogP contribution in [0.5, 0.6) is 0 Å². The van der Waals surface area contributed by atoms with Gasteiger partial charge in [-0.05, 0) is 23.3 Å². The SMILES string of the molecule is CC1(C)C[C@@]1(C(=O)NCCc1ncc[nH]1)c1cccs1. The molecule has 2 aromatic heterocycles. The lowest BCUT2D eigenvalue weighted by Gasteiger charge is -2.18. The van der Waals surface area contributed by atoms with Crippen LogP contribution in [-0.4, -0.2) is 22.4 Å². The number of H-pyrrole nitrogens is 1. The smallest absolute Gasteiger partial charge is 0.232 e. The summed E-state index contributed by atoms with van der Waals surface area (Å²) in [6.45, 7) is 4.95. The topological polar surface area (TPSA) is 57.8 Å². The molecule has 1 fully saturated rings. The van der Waals surface area contributed by atoms with E-state index in [0.717, 1.165) is 18.7 Å². The maximum atomic E-state index is 12.6. The molecule has 1 atom stereocenters. The van der Waals surface area contributed by atoms with Gasteiger partial charge in [0.25, 0.3) is 0 Å². The van der Waals surface area contributed by atoms with E-state index >= 15 is 0 Å². The molecular weight excluding hydrogens is 270 g/mol. The quantitative estimate of drug-likeness (QED) is 0.888. The van der Waals surface area contributed by atoms with Crippen LogP contribution in [0.4, 0.5) is 0 Å². The molecule has 0 bridgehead atoms. The first-order chi connectivity index (χ1) is 9.56. The van der Waals surface area contributed by atoms with Gasteiger partial charge < -0.3 is 10.3 Å². The first-order valence-electron chi connectivity index (χ1n) is 6.87. The number of hydrogen-bond acceptors (Lipinski definition) is 3. The molecule has 4 nitrogen and oxygen atoms in total. The fourth-order valence-electron chi connectivity index (χ4n) is 2.94. The highest BCUT2D eigenvalue weighted by Gasteiger charge is 2.67. The summed E-state index contributed by atoms with van der Waals surface area (Å²) >= 11 is 1.67. The summed E-state index contributed by atoms with van der Waals surface area (Å²) in [5.74, 6) is 1.06. The Morgan fingerprint density at radius 1 is 1.55 bits per heavy atom. The lowest BCUT2D eigenvalue weighted by molar-refractivity contribution is -0.124. The van der Waals surface area contributed by atoms with Gasteiger partial charge in [0.05, 0.1) is 5.41 Å². The predicted molar refractivity (Wildman–Crippen MR) is 79.7 cm³/mol. The van der Waals surface area contributed by atoms with Crippen LogP contribution in [0, 0.1) is 5.41 Å². The fraction of sp³-hybridized carbons (Fsp3) is 0.467. The van der Waals surface area contributed by atoms with Crippen molar-refractivity contribution in [2.45, 2.75) is 32.1 Å². The number of imidazole rings is 1. The van der Waals surface area contributed by atoms with Crippen LogP contribution in [0.25, 0.3) is 0 Å². The van der Waals surface area contributed by atoms with Gasteiger partial charge in [-0.2, -0.15) is 0 Å². The summed E-state index contributed by atoms with van der Waals surface area (Å²) in [6, 6.07) is 4.10. The second kappa shape index (κ2) is 4.74. The van der Waals surface area contributed by atoms with Gasteiger partial charge in [0, 0.05) is 30.2 Å². The molecule has 1 aliphatic carbocycles. The Morgan fingerprint density at radius 3 is 2.90 bits per heavy atom. The Balaban J connectivity index is 1.66. The van der Waals surface area contributed by atoms with Crippen molar-refractivity contribution in [3.63, 3.8) is 0 Å². The lowest BCUT2D eigenvalue weighted by atomic mass is 9.93. The normalized spacial score (nSPS) is 23.5. The molecule has 0 unspecified atom stereocenters. The zero-order valence-electron chi connectivity index (χ0n) is 11.8. The maximum Gasteiger partial charge on any atom is 0.232 e. The van der Waals surface area contributed by atoms with Crippen molar-refractivity contribution in [3.8, 4) is 0 Å². The number of nitrogens with zero attached hydrogens (tertiary/aromatic N) is 1. The average molecular weight is 289 g/mol. The number of aromatic amines is 1. The van der Waals surface area contributed by atoms with Crippen molar-refractivity contribution < 1.29 is 4.79 Å². The number of hydrogen-bond donors (Lipinski definition) is 2. The molecule has 20 heavy (non-hydrogen) atoms. The van der Waals surface area contributed by atoms with Crippen molar-refractivity contribution in [1.82, 2.24) is 15.3 Å². The highest BCUT2D eigenvalue weighted by molar-refractivity contribution is 7.10. The predicted octanol–water partition coefficient (Wildman–Crippen LogP) is 2.50. The molecule has 106 valence electrons. The summed E-state index contributed by atoms with van der Waals surface area (Å²) < 4.78 is 0. The molecule has 2 N–H and O–H groups in total. The second-order valence-corrected chi connectivity index (χ2v) is 6.93. The summed E-state index contributed by atoms with van der Waals surface area (Å²) in [6.07, 6.45) is 5.19. The Kier molecular flexibility index (Phi) is 3.17. The monoisotopic (exact) mass is 289 g/mol. The third-order valence-corrected chi connectivity index (χ3v) is 5.30. The summed E-state index contributed by atoms with van der Waals surface area (Å²) in [5.41, 5.74) is -0.281. The van der Waals surface area contributed by atoms with Crippen LogP contribution >= 0.6 is 11.3 Å². The number of carbonyl (C=O) groups excluding carboxylic acids is 1. The second-order valence-electron chi connectivity index (χ2n) is 5.99. The Bertz CT molecular complexity index is 589. The molecule has 0 radical (unpaired) electrons. The number of aromatic nitrogens is 2. The molecule has 2 aromatic rings. The van der Waals surface area contributed by atoms with Crippen LogP contribution in [0.15, 0.2) is 29.9 Å². The van der Waals surface area contributed by atoms with Crippen molar-refractivity contribution in [1.29, 1.82) is 0 Å². The minimum atomic E-state index is -0.329. The van der Waals surface area contributed by atoms with Gasteiger partial charge in [-0.3, -0.25) is 4.79 Å². The number of amides is 1. The number of nitrogens with one attached hydrogen (secondary N) is 2. The highest BCUT2D eigenvalue weighted by Crippen LogP contribution is 2.65. The van der Waals surface area contributed by atoms with E-state index in [0.29, 0.717) is 6.54 Å². The molecule has 0 saturated heterocycles. The van der Waals surface area contributed by atoms with Crippen molar-refractivity contribution in [2.24, 2.45) is 5.41 Å². The van der Waals surface area contributed by atoms with E-state index in [4.69, 9.17) is 0 Å². The van der Waals surface area contributed by atoms with Gasteiger partial charge in [0.2, 0.25) is 5.91 Å². The fourth-order valence-corrected chi connectivity index (χ4v) is 4.04. The zero-order chi connectivity index (χ0) is 14.2. The van der Waals surface area contributed by atoms with Crippen molar-refractivity contribution in [2.75, 3.05) is 6.54 Å². The van der Waals surface area contributed by atoms with Gasteiger partial charge in [-0.1, -0.05) is 19.9 Å². The molecule has 0 spiro atoms. The van der Waals surface area contributed by atoms with E-state index in [1.807, 2.05) is 11.4 Å². The summed E-state index contributed by atoms with van der Waals surface area (Å²) in [4.78, 5) is 21.0. The molecule has 0 aromatic carbocycles. The molecule has 0 aliphatic heterocycles. The first-order valence-corrected chi connectivity index (χ1v) is 7.75. The molecule has 1 aliphatic rings. The number of rotatable bonds is 5. The lowest BCUT2D eigenvalue weighted by Crippen LogP contribution is -2.38. The van der Waals surface area contributed by atoms with Gasteiger partial charge in [-0.15, -0.1) is 11.3 Å². The minimum absolute atomic E-state index is 0.0482. The zero-order valence-corrected chi connectivity index (χ0v) is 12.6. The molecular formula is C15H19N3OS.